The highest BCUT2D eigenvalue weighted by Gasteiger charge is 1.73. The van der Waals surface area contributed by atoms with Gasteiger partial charge in [0.05, 0.1) is 0 Å². The molecule has 0 atom stereocenters. The third kappa shape index (κ3) is 26.1. The van der Waals surface area contributed by atoms with Crippen molar-refractivity contribution in [3.63, 3.8) is 0 Å². The maximum absolute atomic E-state index is 5.02. The smallest absolute Gasteiger partial charge is 0.163 e. The van der Waals surface area contributed by atoms with Crippen LogP contribution in [0.15, 0.2) is 0 Å². The molecule has 4 heteroatoms. The molecule has 3 nitrogen and oxygen atoms in total. The zero-order valence-electron chi connectivity index (χ0n) is 7.61. The van der Waals surface area contributed by atoms with E-state index in [1.807, 2.05) is 6.92 Å². The van der Waals surface area contributed by atoms with Crippen molar-refractivity contribution in [1.82, 2.24) is 10.6 Å². The third-order valence-corrected chi connectivity index (χ3v) is 0.995. The fraction of sp³-hybridized carbons (Fsp3) is 0.857. The first-order chi connectivity index (χ1) is 5.18. The molecule has 0 rings (SSSR count). The van der Waals surface area contributed by atoms with Crippen molar-refractivity contribution in [2.24, 2.45) is 5.73 Å². The van der Waals surface area contributed by atoms with Crippen molar-refractivity contribution in [3.05, 3.63) is 0 Å². The molecule has 4 N–H and O–H groups in total. The number of hydrogen-bond donors (Lipinski definition) is 3. The number of hydrogen-bond acceptors (Lipinski definition) is 2. The van der Waals surface area contributed by atoms with E-state index in [4.69, 9.17) is 5.73 Å². The van der Waals surface area contributed by atoms with Gasteiger partial charge in [0.2, 0.25) is 0 Å². The summed E-state index contributed by atoms with van der Waals surface area (Å²) in [4.78, 5) is 0. The van der Waals surface area contributed by atoms with Crippen LogP contribution < -0.4 is 16.4 Å². The summed E-state index contributed by atoms with van der Waals surface area (Å²) in [6, 6.07) is 0. The first-order valence-corrected chi connectivity index (χ1v) is 4.33. The quantitative estimate of drug-likeness (QED) is 0.548. The van der Waals surface area contributed by atoms with Crippen LogP contribution in [-0.2, 0) is 0 Å². The van der Waals surface area contributed by atoms with Gasteiger partial charge in [0, 0.05) is 6.54 Å². The van der Waals surface area contributed by atoms with Crippen molar-refractivity contribution < 1.29 is 0 Å². The van der Waals surface area contributed by atoms with E-state index in [-0.39, 0.29) is 0 Å². The second-order valence-corrected chi connectivity index (χ2v) is 2.29. The molecule has 0 aliphatic heterocycles. The van der Waals surface area contributed by atoms with Crippen molar-refractivity contribution in [3.8, 4) is 0 Å². The molecule has 0 fully saturated rings. The highest BCUT2D eigenvalue weighted by atomic mass is 32.1. The summed E-state index contributed by atoms with van der Waals surface area (Å²) in [6.07, 6.45) is 0. The van der Waals surface area contributed by atoms with Crippen LogP contribution in [0, 0.1) is 0 Å². The molecular weight excluding hydrogens is 158 g/mol. The van der Waals surface area contributed by atoms with Gasteiger partial charge in [0.1, 0.15) is 0 Å². The van der Waals surface area contributed by atoms with Gasteiger partial charge >= 0.3 is 0 Å². The Morgan fingerprint density at radius 3 is 1.64 bits per heavy atom. The van der Waals surface area contributed by atoms with Crippen LogP contribution in [0.2, 0.25) is 0 Å². The molecule has 0 unspecified atom stereocenters. The number of thiocarbonyl (C=S) groups is 1. The second kappa shape index (κ2) is 12.3. The molecule has 0 aromatic rings. The molecule has 11 heavy (non-hydrogen) atoms. The maximum Gasteiger partial charge on any atom is 0.163 e. The monoisotopic (exact) mass is 177 g/mol. The lowest BCUT2D eigenvalue weighted by Gasteiger charge is -1.92. The van der Waals surface area contributed by atoms with Crippen molar-refractivity contribution in [1.29, 1.82) is 0 Å². The van der Waals surface area contributed by atoms with E-state index in [2.05, 4.69) is 36.7 Å². The molecule has 0 aliphatic rings. The third-order valence-electron chi connectivity index (χ3n) is 0.851. The normalized spacial score (nSPS) is 7.91. The van der Waals surface area contributed by atoms with Gasteiger partial charge in [-0.15, -0.1) is 0 Å². The van der Waals surface area contributed by atoms with Crippen molar-refractivity contribution in [2.75, 3.05) is 19.6 Å². The molecule has 0 saturated carbocycles. The second-order valence-electron chi connectivity index (χ2n) is 1.85. The maximum atomic E-state index is 5.02. The molecule has 0 aromatic carbocycles. The minimum Gasteiger partial charge on any atom is -0.376 e. The molecule has 0 aromatic heterocycles. The van der Waals surface area contributed by atoms with Crippen molar-refractivity contribution in [2.45, 2.75) is 20.8 Å². The fourth-order valence-corrected chi connectivity index (χ4v) is 0.569. The van der Waals surface area contributed by atoms with Crippen LogP contribution in [0.25, 0.3) is 0 Å². The fourth-order valence-electron chi connectivity index (χ4n) is 0.424. The van der Waals surface area contributed by atoms with Gasteiger partial charge in [-0.1, -0.05) is 13.8 Å². The highest BCUT2D eigenvalue weighted by Crippen LogP contribution is 1.52. The topological polar surface area (TPSA) is 50.1 Å². The molecule has 0 spiro atoms. The van der Waals surface area contributed by atoms with E-state index in [0.29, 0.717) is 5.11 Å². The van der Waals surface area contributed by atoms with Gasteiger partial charge in [0.15, 0.2) is 5.11 Å². The Labute approximate surface area is 74.7 Å². The number of nitrogens with one attached hydrogen (secondary N) is 2. The highest BCUT2D eigenvalue weighted by molar-refractivity contribution is 7.80. The summed E-state index contributed by atoms with van der Waals surface area (Å²) in [5.74, 6) is 0. The van der Waals surface area contributed by atoms with Crippen LogP contribution in [0.1, 0.15) is 20.8 Å². The molecule has 0 radical (unpaired) electrons. The molecule has 0 amide bonds. The Kier molecular flexibility index (Phi) is 14.9. The van der Waals surface area contributed by atoms with E-state index in [1.54, 1.807) is 0 Å². The Hall–Kier alpha value is -0.350. The van der Waals surface area contributed by atoms with Crippen LogP contribution in [0.3, 0.4) is 0 Å². The first kappa shape index (κ1) is 13.3. The zero-order chi connectivity index (χ0) is 9.11. The van der Waals surface area contributed by atoms with Gasteiger partial charge in [-0.05, 0) is 32.2 Å². The van der Waals surface area contributed by atoms with Gasteiger partial charge in [-0.3, -0.25) is 0 Å². The molecule has 68 valence electrons. The molecular formula is C7H19N3S. The van der Waals surface area contributed by atoms with Crippen molar-refractivity contribution >= 4 is 17.3 Å². The zero-order valence-corrected chi connectivity index (χ0v) is 8.42. The summed E-state index contributed by atoms with van der Waals surface area (Å²) in [7, 11) is 0. The summed E-state index contributed by atoms with van der Waals surface area (Å²) >= 11 is 4.46. The summed E-state index contributed by atoms with van der Waals surface area (Å²) < 4.78 is 0. The molecule has 0 saturated heterocycles. The minimum atomic E-state index is 0.373. The van der Waals surface area contributed by atoms with Gasteiger partial charge in [-0.25, -0.2) is 0 Å². The van der Waals surface area contributed by atoms with Gasteiger partial charge in [0.25, 0.3) is 0 Å². The summed E-state index contributed by atoms with van der Waals surface area (Å²) in [6.45, 7) is 9.15. The van der Waals surface area contributed by atoms with E-state index in [9.17, 15) is 0 Å². The Morgan fingerprint density at radius 2 is 1.64 bits per heavy atom. The lowest BCUT2D eigenvalue weighted by atomic mass is 10.7. The van der Waals surface area contributed by atoms with E-state index >= 15 is 0 Å². The predicted octanol–water partition coefficient (Wildman–Crippen LogP) is 0.455. The SMILES string of the molecule is CCNC(N)=S.CCNCC. The Bertz CT molecular complexity index is 83.8. The number of nitrogens with two attached hydrogens (primary N) is 1. The van der Waals surface area contributed by atoms with E-state index in [1.165, 1.54) is 0 Å². The standard InChI is InChI=1S/C4H11N.C3H8N2S/c1-3-5-4-2;1-2-5-3(4)6/h5H,3-4H2,1-2H3;2H2,1H3,(H3,4,5,6). The lowest BCUT2D eigenvalue weighted by molar-refractivity contribution is 0.762. The predicted molar refractivity (Wildman–Crippen MR) is 54.7 cm³/mol. The van der Waals surface area contributed by atoms with E-state index < -0.39 is 0 Å². The average molecular weight is 177 g/mol. The first-order valence-electron chi connectivity index (χ1n) is 3.92. The Morgan fingerprint density at radius 1 is 1.18 bits per heavy atom. The van der Waals surface area contributed by atoms with Crippen LogP contribution in [-0.4, -0.2) is 24.7 Å². The molecule has 0 heterocycles. The average Bonchev–Trinajstić information content (AvgIpc) is 1.90. The largest absolute Gasteiger partial charge is 0.376 e. The molecule has 0 bridgehead atoms. The van der Waals surface area contributed by atoms with Crippen LogP contribution in [0.5, 0.6) is 0 Å². The summed E-state index contributed by atoms with van der Waals surface area (Å²) in [5.41, 5.74) is 5.02. The minimum absolute atomic E-state index is 0.373. The van der Waals surface area contributed by atoms with Gasteiger partial charge < -0.3 is 16.4 Å². The summed E-state index contributed by atoms with van der Waals surface area (Å²) in [5, 5.41) is 6.20. The van der Waals surface area contributed by atoms with Crippen LogP contribution in [0.4, 0.5) is 0 Å². The van der Waals surface area contributed by atoms with Gasteiger partial charge in [-0.2, -0.15) is 0 Å². The molecule has 0 aliphatic carbocycles. The number of rotatable bonds is 3. The Balaban J connectivity index is 0. The lowest BCUT2D eigenvalue weighted by Crippen LogP contribution is -2.28. The van der Waals surface area contributed by atoms with Crippen LogP contribution >= 0.6 is 12.2 Å². The van der Waals surface area contributed by atoms with E-state index in [0.717, 1.165) is 19.6 Å².